The van der Waals surface area contributed by atoms with Gasteiger partial charge in [0.1, 0.15) is 11.6 Å². The van der Waals surface area contributed by atoms with Crippen LogP contribution in [0.5, 0.6) is 0 Å². The van der Waals surface area contributed by atoms with E-state index in [0.717, 1.165) is 24.6 Å². The number of benzene rings is 1. The lowest BCUT2D eigenvalue weighted by molar-refractivity contribution is 0.433. The third kappa shape index (κ3) is 1.51. The van der Waals surface area contributed by atoms with Crippen molar-refractivity contribution in [1.82, 2.24) is 15.3 Å². The van der Waals surface area contributed by atoms with Crippen molar-refractivity contribution in [3.05, 3.63) is 42.1 Å². The highest BCUT2D eigenvalue weighted by Crippen LogP contribution is 2.23. The maximum atomic E-state index is 13.5. The zero-order valence-electron chi connectivity index (χ0n) is 8.70. The van der Waals surface area contributed by atoms with E-state index < -0.39 is 0 Å². The summed E-state index contributed by atoms with van der Waals surface area (Å²) in [4.78, 5) is 7.47. The van der Waals surface area contributed by atoms with Crippen molar-refractivity contribution >= 4 is 0 Å². The van der Waals surface area contributed by atoms with Crippen LogP contribution in [0.15, 0.2) is 30.5 Å². The Hall–Kier alpha value is -1.68. The Bertz CT molecular complexity index is 502. The molecule has 1 aromatic heterocycles. The number of aromatic nitrogens is 2. The van der Waals surface area contributed by atoms with Crippen LogP contribution in [0.4, 0.5) is 4.39 Å². The van der Waals surface area contributed by atoms with E-state index in [1.807, 2.05) is 6.07 Å². The van der Waals surface area contributed by atoms with Gasteiger partial charge in [-0.05, 0) is 12.1 Å². The summed E-state index contributed by atoms with van der Waals surface area (Å²) >= 11 is 0. The van der Waals surface area contributed by atoms with E-state index in [0.29, 0.717) is 11.5 Å². The summed E-state index contributed by atoms with van der Waals surface area (Å²) < 4.78 is 13.5. The van der Waals surface area contributed by atoms with Gasteiger partial charge in [0, 0.05) is 24.6 Å². The molecule has 0 aliphatic carbocycles. The molecule has 0 spiro atoms. The molecule has 4 heteroatoms. The van der Waals surface area contributed by atoms with Gasteiger partial charge in [-0.3, -0.25) is 0 Å². The van der Waals surface area contributed by atoms with Crippen LogP contribution in [0.1, 0.15) is 11.7 Å². The number of halogens is 1. The van der Waals surface area contributed by atoms with Gasteiger partial charge in [-0.15, -0.1) is 0 Å². The van der Waals surface area contributed by atoms with Crippen molar-refractivity contribution in [1.29, 1.82) is 0 Å². The zero-order valence-corrected chi connectivity index (χ0v) is 8.70. The Morgan fingerprint density at radius 2 is 2.06 bits per heavy atom. The normalized spacial score (nSPS) is 16.1. The fraction of sp³-hybridized carbons (Fsp3) is 0.250. The van der Waals surface area contributed by atoms with Crippen molar-refractivity contribution in [2.45, 2.75) is 5.92 Å². The molecule has 2 heterocycles. The second-order valence-corrected chi connectivity index (χ2v) is 4.02. The molecule has 3 nitrogen and oxygen atoms in total. The maximum absolute atomic E-state index is 13.5. The first kappa shape index (κ1) is 9.54. The van der Waals surface area contributed by atoms with E-state index in [1.165, 1.54) is 6.07 Å². The van der Waals surface area contributed by atoms with Gasteiger partial charge in [0.2, 0.25) is 0 Å². The summed E-state index contributed by atoms with van der Waals surface area (Å²) in [6, 6.07) is 6.72. The van der Waals surface area contributed by atoms with Crippen LogP contribution < -0.4 is 5.32 Å². The predicted octanol–water partition coefficient (Wildman–Crippen LogP) is 1.90. The predicted molar refractivity (Wildman–Crippen MR) is 59.6 cm³/mol. The lowest BCUT2D eigenvalue weighted by Crippen LogP contribution is -2.40. The molecule has 82 valence electrons. The number of hydrogen-bond donors (Lipinski definition) is 2. The van der Waals surface area contributed by atoms with Crippen LogP contribution in [-0.2, 0) is 0 Å². The molecule has 0 bridgehead atoms. The minimum Gasteiger partial charge on any atom is -0.342 e. The number of hydrogen-bond acceptors (Lipinski definition) is 2. The Kier molecular flexibility index (Phi) is 2.22. The highest BCUT2D eigenvalue weighted by atomic mass is 19.1. The van der Waals surface area contributed by atoms with Crippen molar-refractivity contribution in [3.63, 3.8) is 0 Å². The molecule has 1 saturated heterocycles. The number of aromatic amines is 1. The van der Waals surface area contributed by atoms with Gasteiger partial charge >= 0.3 is 0 Å². The molecular weight excluding hydrogens is 205 g/mol. The summed E-state index contributed by atoms with van der Waals surface area (Å²) in [7, 11) is 0. The summed E-state index contributed by atoms with van der Waals surface area (Å²) in [5.41, 5.74) is 1.33. The Morgan fingerprint density at radius 1 is 1.25 bits per heavy atom. The molecule has 0 unspecified atom stereocenters. The Labute approximate surface area is 92.7 Å². The average molecular weight is 217 g/mol. The molecular formula is C12H12FN3. The van der Waals surface area contributed by atoms with Crippen LogP contribution in [0, 0.1) is 5.82 Å². The van der Waals surface area contributed by atoms with Crippen LogP contribution in [0.2, 0.25) is 0 Å². The lowest BCUT2D eigenvalue weighted by Gasteiger charge is -2.24. The zero-order chi connectivity index (χ0) is 11.0. The second-order valence-electron chi connectivity index (χ2n) is 4.02. The third-order valence-electron chi connectivity index (χ3n) is 2.93. The van der Waals surface area contributed by atoms with Crippen LogP contribution in [0.3, 0.4) is 0 Å². The lowest BCUT2D eigenvalue weighted by atomic mass is 10.0. The van der Waals surface area contributed by atoms with Gasteiger partial charge in [0.15, 0.2) is 0 Å². The molecule has 0 atom stereocenters. The molecule has 1 aliphatic heterocycles. The van der Waals surface area contributed by atoms with E-state index in [9.17, 15) is 4.39 Å². The van der Waals surface area contributed by atoms with Gasteiger partial charge in [-0.25, -0.2) is 9.37 Å². The number of nitrogens with one attached hydrogen (secondary N) is 2. The molecule has 2 N–H and O–H groups in total. The smallest absolute Gasteiger partial charge is 0.132 e. The summed E-state index contributed by atoms with van der Waals surface area (Å²) in [5, 5.41) is 3.19. The van der Waals surface area contributed by atoms with E-state index in [-0.39, 0.29) is 5.82 Å². The van der Waals surface area contributed by atoms with Gasteiger partial charge in [-0.2, -0.15) is 0 Å². The number of H-pyrrole nitrogens is 1. The molecule has 16 heavy (non-hydrogen) atoms. The van der Waals surface area contributed by atoms with E-state index in [2.05, 4.69) is 15.3 Å². The Morgan fingerprint density at radius 3 is 2.75 bits per heavy atom. The van der Waals surface area contributed by atoms with Crippen LogP contribution in [0.25, 0.3) is 11.3 Å². The summed E-state index contributed by atoms with van der Waals surface area (Å²) in [5.74, 6) is 1.17. The minimum absolute atomic E-state index is 0.218. The SMILES string of the molecule is Fc1ccccc1-c1cnc(C2CNC2)[nH]1. The van der Waals surface area contributed by atoms with Crippen LogP contribution >= 0.6 is 0 Å². The van der Waals surface area contributed by atoms with E-state index in [4.69, 9.17) is 0 Å². The van der Waals surface area contributed by atoms with Gasteiger partial charge in [-0.1, -0.05) is 12.1 Å². The average Bonchev–Trinajstić information content (AvgIpc) is 2.65. The first-order valence-corrected chi connectivity index (χ1v) is 5.35. The third-order valence-corrected chi connectivity index (χ3v) is 2.93. The first-order valence-electron chi connectivity index (χ1n) is 5.35. The van der Waals surface area contributed by atoms with Gasteiger partial charge in [0.05, 0.1) is 11.9 Å². The number of nitrogens with zero attached hydrogens (tertiary/aromatic N) is 1. The quantitative estimate of drug-likeness (QED) is 0.806. The fourth-order valence-corrected chi connectivity index (χ4v) is 1.84. The molecule has 0 radical (unpaired) electrons. The minimum atomic E-state index is -0.218. The topological polar surface area (TPSA) is 40.7 Å². The molecule has 1 aliphatic rings. The first-order chi connectivity index (χ1) is 7.84. The molecule has 1 aromatic carbocycles. The Balaban J connectivity index is 1.95. The highest BCUT2D eigenvalue weighted by molar-refractivity contribution is 5.59. The van der Waals surface area contributed by atoms with Gasteiger partial charge < -0.3 is 10.3 Å². The second kappa shape index (κ2) is 3.72. The van der Waals surface area contributed by atoms with Crippen LogP contribution in [-0.4, -0.2) is 23.1 Å². The molecule has 0 saturated carbocycles. The molecule has 2 aromatic rings. The van der Waals surface area contributed by atoms with E-state index >= 15 is 0 Å². The monoisotopic (exact) mass is 217 g/mol. The van der Waals surface area contributed by atoms with Gasteiger partial charge in [0.25, 0.3) is 0 Å². The van der Waals surface area contributed by atoms with Crippen molar-refractivity contribution in [3.8, 4) is 11.3 Å². The molecule has 0 amide bonds. The van der Waals surface area contributed by atoms with Crippen molar-refractivity contribution < 1.29 is 4.39 Å². The summed E-state index contributed by atoms with van der Waals surface area (Å²) in [6.45, 7) is 1.90. The number of rotatable bonds is 2. The summed E-state index contributed by atoms with van der Waals surface area (Å²) in [6.07, 6.45) is 1.70. The molecule has 1 fully saturated rings. The standard InChI is InChI=1S/C12H12FN3/c13-10-4-2-1-3-9(10)11-7-15-12(16-11)8-5-14-6-8/h1-4,7-8,14H,5-6H2,(H,15,16). The highest BCUT2D eigenvalue weighted by Gasteiger charge is 2.22. The van der Waals surface area contributed by atoms with E-state index in [1.54, 1.807) is 18.3 Å². The molecule has 3 rings (SSSR count). The largest absolute Gasteiger partial charge is 0.342 e. The van der Waals surface area contributed by atoms with Crippen molar-refractivity contribution in [2.75, 3.05) is 13.1 Å². The maximum Gasteiger partial charge on any atom is 0.132 e. The number of imidazole rings is 1. The van der Waals surface area contributed by atoms with Crippen molar-refractivity contribution in [2.24, 2.45) is 0 Å². The fourth-order valence-electron chi connectivity index (χ4n) is 1.84.